The van der Waals surface area contributed by atoms with Gasteiger partial charge in [0.05, 0.1) is 11.6 Å². The first-order valence-corrected chi connectivity index (χ1v) is 12.9. The Morgan fingerprint density at radius 1 is 0.919 bits per heavy atom. The molecule has 3 aromatic rings. The zero-order chi connectivity index (χ0) is 26.2. The molecular weight excluding hydrogens is 464 g/mol. The van der Waals surface area contributed by atoms with Gasteiger partial charge in [-0.05, 0) is 49.3 Å². The number of ether oxygens (including phenoxy) is 1. The van der Waals surface area contributed by atoms with Crippen molar-refractivity contribution in [3.8, 4) is 5.75 Å². The van der Waals surface area contributed by atoms with E-state index in [0.717, 1.165) is 37.2 Å². The minimum atomic E-state index is -0.697. The van der Waals surface area contributed by atoms with Crippen molar-refractivity contribution in [1.82, 2.24) is 9.80 Å². The third-order valence-corrected chi connectivity index (χ3v) is 6.78. The van der Waals surface area contributed by atoms with Crippen molar-refractivity contribution >= 4 is 17.4 Å². The minimum absolute atomic E-state index is 0.110. The van der Waals surface area contributed by atoms with Crippen molar-refractivity contribution in [1.29, 1.82) is 0 Å². The van der Waals surface area contributed by atoms with Gasteiger partial charge in [-0.25, -0.2) is 0 Å². The topological polar surface area (TPSA) is 70.1 Å². The highest BCUT2D eigenvalue weighted by Crippen LogP contribution is 2.40. The standard InChI is InChI=1S/C31H34N2O4/c1-3-32(4-2)19-12-20-33-28(27(30(35)31(33)36)29(34)24-15-9-6-10-16-24)25-17-11-18-26(21-25)37-22-23-13-7-5-8-14-23/h5-11,13-18,21,28,34H,3-4,12,19-20,22H2,1-2H3. The highest BCUT2D eigenvalue weighted by molar-refractivity contribution is 6.46. The molecule has 1 N–H and O–H groups in total. The second kappa shape index (κ2) is 12.4. The number of Topliss-reactive ketones (excluding diaryl/α,β-unsaturated/α-hetero) is 1. The summed E-state index contributed by atoms with van der Waals surface area (Å²) in [5, 5.41) is 11.2. The van der Waals surface area contributed by atoms with E-state index in [0.29, 0.717) is 24.5 Å². The van der Waals surface area contributed by atoms with Gasteiger partial charge in [-0.15, -0.1) is 0 Å². The van der Waals surface area contributed by atoms with Gasteiger partial charge in [0.15, 0.2) is 0 Å². The zero-order valence-corrected chi connectivity index (χ0v) is 21.5. The Balaban J connectivity index is 1.68. The molecular formula is C31H34N2O4. The number of nitrogens with zero attached hydrogens (tertiary/aromatic N) is 2. The van der Waals surface area contributed by atoms with Crippen molar-refractivity contribution in [3.05, 3.63) is 107 Å². The van der Waals surface area contributed by atoms with E-state index in [1.54, 1.807) is 29.2 Å². The van der Waals surface area contributed by atoms with E-state index in [9.17, 15) is 14.7 Å². The van der Waals surface area contributed by atoms with Crippen molar-refractivity contribution in [2.75, 3.05) is 26.2 Å². The summed E-state index contributed by atoms with van der Waals surface area (Å²) in [4.78, 5) is 30.4. The predicted octanol–water partition coefficient (Wildman–Crippen LogP) is 5.42. The Hall–Kier alpha value is -3.90. The average molecular weight is 499 g/mol. The SMILES string of the molecule is CCN(CC)CCCN1C(=O)C(=O)C(=C(O)c2ccccc2)C1c1cccc(OCc2ccccc2)c1. The van der Waals surface area contributed by atoms with Gasteiger partial charge < -0.3 is 19.6 Å². The van der Waals surface area contributed by atoms with E-state index < -0.39 is 17.7 Å². The maximum atomic E-state index is 13.3. The van der Waals surface area contributed by atoms with Gasteiger partial charge in [-0.3, -0.25) is 9.59 Å². The minimum Gasteiger partial charge on any atom is -0.507 e. The summed E-state index contributed by atoms with van der Waals surface area (Å²) < 4.78 is 6.03. The second-order valence-corrected chi connectivity index (χ2v) is 9.09. The third kappa shape index (κ3) is 6.09. The van der Waals surface area contributed by atoms with Gasteiger partial charge in [0.1, 0.15) is 18.1 Å². The fraction of sp³-hybridized carbons (Fsp3) is 0.290. The Kier molecular flexibility index (Phi) is 8.75. The summed E-state index contributed by atoms with van der Waals surface area (Å²) in [5.74, 6) is -0.775. The van der Waals surface area contributed by atoms with E-state index in [1.165, 1.54) is 0 Å². The first-order valence-electron chi connectivity index (χ1n) is 12.9. The summed E-state index contributed by atoms with van der Waals surface area (Å²) in [6, 6.07) is 25.5. The van der Waals surface area contributed by atoms with E-state index >= 15 is 0 Å². The molecule has 1 amide bonds. The smallest absolute Gasteiger partial charge is 0.295 e. The number of likely N-dealkylation sites (tertiary alicyclic amines) is 1. The average Bonchev–Trinajstić information content (AvgIpc) is 3.20. The van der Waals surface area contributed by atoms with Gasteiger partial charge >= 0.3 is 0 Å². The maximum absolute atomic E-state index is 13.3. The number of hydrogen-bond donors (Lipinski definition) is 1. The molecule has 1 atom stereocenters. The van der Waals surface area contributed by atoms with Crippen LogP contribution in [0.3, 0.4) is 0 Å². The van der Waals surface area contributed by atoms with Gasteiger partial charge in [-0.1, -0.05) is 86.6 Å². The molecule has 4 rings (SSSR count). The highest BCUT2D eigenvalue weighted by atomic mass is 16.5. The summed E-state index contributed by atoms with van der Waals surface area (Å²) in [6.07, 6.45) is 0.723. The first kappa shape index (κ1) is 26.2. The van der Waals surface area contributed by atoms with Gasteiger partial charge in [0, 0.05) is 12.1 Å². The lowest BCUT2D eigenvalue weighted by molar-refractivity contribution is -0.140. The van der Waals surface area contributed by atoms with Crippen molar-refractivity contribution in [3.63, 3.8) is 0 Å². The number of benzene rings is 3. The number of aliphatic hydroxyl groups excluding tert-OH is 1. The predicted molar refractivity (Wildman–Crippen MR) is 145 cm³/mol. The van der Waals surface area contributed by atoms with Crippen LogP contribution in [0.15, 0.2) is 90.5 Å². The number of carbonyl (C=O) groups excluding carboxylic acids is 2. The zero-order valence-electron chi connectivity index (χ0n) is 21.5. The van der Waals surface area contributed by atoms with Crippen LogP contribution in [0.5, 0.6) is 5.75 Å². The maximum Gasteiger partial charge on any atom is 0.295 e. The Bertz CT molecular complexity index is 1240. The lowest BCUT2D eigenvalue weighted by Gasteiger charge is -2.27. The van der Waals surface area contributed by atoms with Crippen LogP contribution in [0.25, 0.3) is 5.76 Å². The fourth-order valence-corrected chi connectivity index (χ4v) is 4.73. The molecule has 37 heavy (non-hydrogen) atoms. The largest absolute Gasteiger partial charge is 0.507 e. The number of rotatable bonds is 11. The van der Waals surface area contributed by atoms with Crippen LogP contribution in [0.2, 0.25) is 0 Å². The highest BCUT2D eigenvalue weighted by Gasteiger charge is 2.45. The Morgan fingerprint density at radius 2 is 1.59 bits per heavy atom. The fourth-order valence-electron chi connectivity index (χ4n) is 4.73. The number of amides is 1. The normalized spacial score (nSPS) is 16.9. The third-order valence-electron chi connectivity index (χ3n) is 6.78. The van der Waals surface area contributed by atoms with Gasteiger partial charge in [0.25, 0.3) is 11.7 Å². The van der Waals surface area contributed by atoms with Crippen LogP contribution in [-0.4, -0.2) is 52.8 Å². The molecule has 0 saturated carbocycles. The molecule has 0 spiro atoms. The molecule has 1 unspecified atom stereocenters. The van der Waals surface area contributed by atoms with Crippen LogP contribution in [-0.2, 0) is 16.2 Å². The van der Waals surface area contributed by atoms with Crippen LogP contribution >= 0.6 is 0 Å². The molecule has 1 saturated heterocycles. The molecule has 3 aromatic carbocycles. The molecule has 6 nitrogen and oxygen atoms in total. The summed E-state index contributed by atoms with van der Waals surface area (Å²) >= 11 is 0. The number of ketones is 1. The van der Waals surface area contributed by atoms with Crippen LogP contribution < -0.4 is 4.74 Å². The molecule has 0 aliphatic carbocycles. The lowest BCUT2D eigenvalue weighted by atomic mass is 9.95. The number of carbonyl (C=O) groups is 2. The molecule has 1 aliphatic rings. The Labute approximate surface area is 218 Å². The summed E-state index contributed by atoms with van der Waals surface area (Å²) in [5.41, 5.74) is 2.38. The first-order chi connectivity index (χ1) is 18.0. The molecule has 192 valence electrons. The Morgan fingerprint density at radius 3 is 2.27 bits per heavy atom. The van der Waals surface area contributed by atoms with Crippen molar-refractivity contribution in [2.45, 2.75) is 32.9 Å². The van der Waals surface area contributed by atoms with Gasteiger partial charge in [0.2, 0.25) is 0 Å². The number of hydrogen-bond acceptors (Lipinski definition) is 5. The second-order valence-electron chi connectivity index (χ2n) is 9.09. The van der Waals surface area contributed by atoms with E-state index in [2.05, 4.69) is 18.7 Å². The van der Waals surface area contributed by atoms with E-state index in [4.69, 9.17) is 4.74 Å². The molecule has 0 radical (unpaired) electrons. The molecule has 1 aliphatic heterocycles. The van der Waals surface area contributed by atoms with Gasteiger partial charge in [-0.2, -0.15) is 0 Å². The lowest BCUT2D eigenvalue weighted by Crippen LogP contribution is -2.33. The van der Waals surface area contributed by atoms with E-state index in [1.807, 2.05) is 60.7 Å². The van der Waals surface area contributed by atoms with E-state index in [-0.39, 0.29) is 11.3 Å². The molecule has 0 bridgehead atoms. The van der Waals surface area contributed by atoms with Crippen LogP contribution in [0, 0.1) is 0 Å². The quantitative estimate of drug-likeness (QED) is 0.217. The number of aliphatic hydroxyl groups is 1. The molecule has 6 heteroatoms. The molecule has 0 aromatic heterocycles. The molecule has 1 fully saturated rings. The van der Waals surface area contributed by atoms with Crippen molar-refractivity contribution in [2.24, 2.45) is 0 Å². The van der Waals surface area contributed by atoms with Crippen LogP contribution in [0.1, 0.15) is 43.0 Å². The summed E-state index contributed by atoms with van der Waals surface area (Å²) in [7, 11) is 0. The van der Waals surface area contributed by atoms with Crippen molar-refractivity contribution < 1.29 is 19.4 Å². The van der Waals surface area contributed by atoms with Crippen LogP contribution in [0.4, 0.5) is 0 Å². The summed E-state index contributed by atoms with van der Waals surface area (Å²) in [6.45, 7) is 7.69. The monoisotopic (exact) mass is 498 g/mol. The molecule has 1 heterocycles.